The first-order chi connectivity index (χ1) is 41.9. The standard InChI is InChI=1S/C40H58S.C33H38P.C10H14O2S.CH4/c1-31(21-23-37-35(5)19-13-27-39(37,7)8)15-11-17-33(3)25-29-41-30-26-34(4)18-12-16-32(2)22-24-38-36(6)20-14-28-40(38,9)10;1-27(22-23-32-28(2)15-14-25-33(32,3)4)24-26-34(29-16-8-5-9-17-29,30-18-10-6-11-19-30)31-20-12-7-13-21-31;1-9(7-11)3-5-13-6-4-10(2)8-12;/h11-12,15-18,21-26H,13-14,19-20,27-30H2,1-10H3;5-13,16-24H,14-15,25-26H2,1-4H3;3-4,7-8H,5-6H2,1-2H3;1H4/q;+1;;/b17-11+,18-12+,23-21+,24-22+,31-15+,32-16+,33-25+,34-26+;23-22+,27-24+;9-3+,10-4+;. The average Bonchev–Trinajstić information content (AvgIpc) is 1.14. The van der Waals surface area contributed by atoms with E-state index in [9.17, 15) is 9.59 Å². The lowest BCUT2D eigenvalue weighted by atomic mass is 9.72. The van der Waals surface area contributed by atoms with E-state index in [1.54, 1.807) is 42.3 Å². The Bertz CT molecular complexity index is 2990. The van der Waals surface area contributed by atoms with Crippen molar-refractivity contribution in [3.05, 3.63) is 267 Å². The van der Waals surface area contributed by atoms with Crippen LogP contribution in [0.4, 0.5) is 0 Å². The van der Waals surface area contributed by atoms with Gasteiger partial charge in [0.2, 0.25) is 0 Å². The Morgan fingerprint density at radius 1 is 0.404 bits per heavy atom. The summed E-state index contributed by atoms with van der Waals surface area (Å²) in [7, 11) is -1.82. The normalized spacial score (nSPS) is 18.2. The minimum atomic E-state index is -1.82. The molecule has 89 heavy (non-hydrogen) atoms. The van der Waals surface area contributed by atoms with Gasteiger partial charge in [-0.05, 0) is 214 Å². The molecule has 0 radical (unpaired) electrons. The fourth-order valence-electron chi connectivity index (χ4n) is 11.8. The number of allylic oxidation sites excluding steroid dienone is 26. The predicted molar refractivity (Wildman–Crippen MR) is 407 cm³/mol. The van der Waals surface area contributed by atoms with Gasteiger partial charge in [-0.3, -0.25) is 9.59 Å². The van der Waals surface area contributed by atoms with Gasteiger partial charge in [-0.25, -0.2) is 0 Å². The highest BCUT2D eigenvalue weighted by Gasteiger charge is 2.44. The van der Waals surface area contributed by atoms with Gasteiger partial charge in [0.1, 0.15) is 35.7 Å². The van der Waals surface area contributed by atoms with E-state index >= 15 is 0 Å². The lowest BCUT2D eigenvalue weighted by Crippen LogP contribution is -2.33. The molecule has 3 aliphatic carbocycles. The van der Waals surface area contributed by atoms with Crippen LogP contribution in [0.5, 0.6) is 0 Å². The number of benzene rings is 3. The molecule has 478 valence electrons. The van der Waals surface area contributed by atoms with E-state index in [1.165, 1.54) is 118 Å². The molecule has 0 saturated carbocycles. The Hall–Kier alpha value is -5.77. The summed E-state index contributed by atoms with van der Waals surface area (Å²) < 4.78 is 0. The van der Waals surface area contributed by atoms with Crippen molar-refractivity contribution >= 4 is 59.3 Å². The van der Waals surface area contributed by atoms with Crippen molar-refractivity contribution in [3.8, 4) is 0 Å². The molecule has 0 spiro atoms. The van der Waals surface area contributed by atoms with E-state index in [4.69, 9.17) is 0 Å². The number of aldehydes is 2. The van der Waals surface area contributed by atoms with E-state index in [1.807, 2.05) is 23.9 Å². The van der Waals surface area contributed by atoms with E-state index in [0.29, 0.717) is 10.8 Å². The largest absolute Gasteiger partial charge is 0.298 e. The van der Waals surface area contributed by atoms with Crippen LogP contribution >= 0.6 is 30.8 Å². The summed E-state index contributed by atoms with van der Waals surface area (Å²) in [5.74, 6) is 3.69. The van der Waals surface area contributed by atoms with Gasteiger partial charge < -0.3 is 0 Å². The molecule has 0 fully saturated rings. The van der Waals surface area contributed by atoms with Gasteiger partial charge >= 0.3 is 0 Å². The number of carbonyl (C=O) groups excluding carboxylic acids is 2. The first-order valence-corrected chi connectivity index (χ1v) is 36.5. The Morgan fingerprint density at radius 2 is 0.685 bits per heavy atom. The van der Waals surface area contributed by atoms with Crippen LogP contribution in [-0.2, 0) is 9.59 Å². The van der Waals surface area contributed by atoms with Crippen molar-refractivity contribution in [3.63, 3.8) is 0 Å². The van der Waals surface area contributed by atoms with E-state index in [2.05, 4.69) is 279 Å². The van der Waals surface area contributed by atoms with Gasteiger partial charge in [0.05, 0.1) is 6.16 Å². The zero-order valence-corrected chi connectivity index (χ0v) is 59.6. The van der Waals surface area contributed by atoms with Crippen LogP contribution in [0.25, 0.3) is 0 Å². The molecule has 0 heterocycles. The van der Waals surface area contributed by atoms with Crippen LogP contribution in [0.2, 0.25) is 0 Å². The summed E-state index contributed by atoms with van der Waals surface area (Å²) in [5, 5.41) is 4.31. The van der Waals surface area contributed by atoms with E-state index in [0.717, 1.165) is 52.9 Å². The Kier molecular flexibility index (Phi) is 35.0. The molecule has 0 aliphatic heterocycles. The van der Waals surface area contributed by atoms with Crippen LogP contribution in [0.3, 0.4) is 0 Å². The van der Waals surface area contributed by atoms with E-state index in [-0.39, 0.29) is 12.8 Å². The highest BCUT2D eigenvalue weighted by molar-refractivity contribution is 7.99. The monoisotopic (exact) mass is 1250 g/mol. The maximum atomic E-state index is 10.2. The molecule has 0 unspecified atom stereocenters. The predicted octanol–water partition coefficient (Wildman–Crippen LogP) is 23.4. The zero-order chi connectivity index (χ0) is 64.6. The van der Waals surface area contributed by atoms with Crippen LogP contribution < -0.4 is 15.9 Å². The van der Waals surface area contributed by atoms with Gasteiger partial charge in [-0.2, -0.15) is 23.5 Å². The van der Waals surface area contributed by atoms with Crippen molar-refractivity contribution in [1.82, 2.24) is 0 Å². The molecule has 2 nitrogen and oxygen atoms in total. The Labute approximate surface area is 553 Å². The molecule has 0 N–H and O–H groups in total. The minimum Gasteiger partial charge on any atom is -0.298 e. The summed E-state index contributed by atoms with van der Waals surface area (Å²) >= 11 is 3.62. The van der Waals surface area contributed by atoms with Crippen molar-refractivity contribution in [1.29, 1.82) is 0 Å². The molecule has 5 heteroatoms. The number of rotatable bonds is 25. The SMILES string of the molecule is C.C/C(C=O)=C\CSC/C=C(\C)C=O.CC1=C(/C=C/C(C)=C/C=C/C(C)=C/CSC/C=C(C)/C=C/C=C(C)/C=C/C2=C(C)CCCC2(C)C)C(C)(C)CCC1.CC1=C(/C=C/C(C)=C/C[P+](c2ccccc2)(c2ccccc2)c2ccccc2)C(C)(C)CCC1. The molecular formula is C84H114O2PS2+. The van der Waals surface area contributed by atoms with Gasteiger partial charge in [-0.1, -0.05) is 245 Å². The van der Waals surface area contributed by atoms with Crippen molar-refractivity contribution in [2.75, 3.05) is 29.2 Å². The summed E-state index contributed by atoms with van der Waals surface area (Å²) in [6.45, 7) is 35.8. The lowest BCUT2D eigenvalue weighted by molar-refractivity contribution is -0.105. The Balaban J connectivity index is 0.000000388. The number of hydrogen-bond acceptors (Lipinski definition) is 4. The molecule has 0 bridgehead atoms. The summed E-state index contributed by atoms with van der Waals surface area (Å²) in [4.78, 5) is 20.4. The highest BCUT2D eigenvalue weighted by atomic mass is 32.2. The van der Waals surface area contributed by atoms with Gasteiger partial charge in [-0.15, -0.1) is 0 Å². The summed E-state index contributed by atoms with van der Waals surface area (Å²) in [6, 6.07) is 33.4. The van der Waals surface area contributed by atoms with Gasteiger partial charge in [0.25, 0.3) is 0 Å². The highest BCUT2D eigenvalue weighted by Crippen LogP contribution is 2.55. The second kappa shape index (κ2) is 40.2. The fraction of sp³-hybridized carbons (Fsp3) is 0.405. The van der Waals surface area contributed by atoms with Crippen LogP contribution in [0.15, 0.2) is 267 Å². The number of carbonyl (C=O) groups is 2. The summed E-state index contributed by atoms with van der Waals surface area (Å²) in [5.41, 5.74) is 18.2. The third-order valence-corrected chi connectivity index (χ3v) is 23.2. The molecule has 0 atom stereocenters. The van der Waals surface area contributed by atoms with E-state index < -0.39 is 7.26 Å². The maximum Gasteiger partial charge on any atom is 0.145 e. The van der Waals surface area contributed by atoms with Crippen molar-refractivity contribution in [2.45, 2.75) is 176 Å². The number of thioether (sulfide) groups is 2. The lowest BCUT2D eigenvalue weighted by Gasteiger charge is -2.33. The second-order valence-corrected chi connectivity index (χ2v) is 32.1. The van der Waals surface area contributed by atoms with Gasteiger partial charge in [0, 0.05) is 23.0 Å². The van der Waals surface area contributed by atoms with Crippen LogP contribution in [0.1, 0.15) is 176 Å². The van der Waals surface area contributed by atoms with Crippen molar-refractivity contribution in [2.24, 2.45) is 16.2 Å². The van der Waals surface area contributed by atoms with Gasteiger partial charge in [0.15, 0.2) is 0 Å². The molecule has 6 rings (SSSR count). The number of hydrogen-bond donors (Lipinski definition) is 0. The Morgan fingerprint density at radius 3 is 0.978 bits per heavy atom. The first-order valence-electron chi connectivity index (χ1n) is 32.2. The second-order valence-electron chi connectivity index (χ2n) is 26.4. The van der Waals surface area contributed by atoms with Crippen LogP contribution in [-0.4, -0.2) is 41.7 Å². The average molecular weight is 1250 g/mol. The molecule has 3 aromatic rings. The fourth-order valence-corrected chi connectivity index (χ4v) is 17.7. The molecule has 0 saturated heterocycles. The van der Waals surface area contributed by atoms with Crippen LogP contribution in [0, 0.1) is 16.2 Å². The topological polar surface area (TPSA) is 34.1 Å². The minimum absolute atomic E-state index is 0. The third-order valence-electron chi connectivity index (χ3n) is 17.3. The molecule has 3 aromatic carbocycles. The van der Waals surface area contributed by atoms with Crippen molar-refractivity contribution < 1.29 is 9.59 Å². The third kappa shape index (κ3) is 26.9. The summed E-state index contributed by atoms with van der Waals surface area (Å²) in [6.07, 6.45) is 52.3. The maximum absolute atomic E-state index is 10.2. The molecule has 0 amide bonds. The first kappa shape index (κ1) is 77.5. The molecular weight excluding hydrogens is 1140 g/mol. The molecule has 0 aromatic heterocycles. The zero-order valence-electron chi connectivity index (χ0n) is 57.1. The molecule has 3 aliphatic rings. The quantitative estimate of drug-likeness (QED) is 0.0278. The smallest absolute Gasteiger partial charge is 0.145 e.